The third kappa shape index (κ3) is 2.24. The van der Waals surface area contributed by atoms with Gasteiger partial charge >= 0.3 is 0 Å². The lowest BCUT2D eigenvalue weighted by Gasteiger charge is -2.35. The van der Waals surface area contributed by atoms with Crippen LogP contribution in [0, 0.1) is 6.92 Å². The molecule has 1 N–H and O–H groups in total. The lowest BCUT2D eigenvalue weighted by atomic mass is 10.1. The molecular weight excluding hydrogens is 218 g/mol. The molecule has 0 fully saturated rings. The van der Waals surface area contributed by atoms with Crippen LogP contribution in [0.4, 0.5) is 11.5 Å². The molecule has 0 bridgehead atoms. The molecule has 1 aromatic rings. The monoisotopic (exact) mass is 235 g/mol. The lowest BCUT2D eigenvalue weighted by Crippen LogP contribution is -2.48. The van der Waals surface area contributed by atoms with Gasteiger partial charge in [0.2, 0.25) is 5.91 Å². The lowest BCUT2D eigenvalue weighted by molar-refractivity contribution is -0.117. The molecule has 0 saturated heterocycles. The molecule has 1 aromatic heterocycles. The Hall–Kier alpha value is -1.62. The number of nitrogens with one attached hydrogen (secondary N) is 1. The highest BCUT2D eigenvalue weighted by molar-refractivity contribution is 6.02. The third-order valence-electron chi connectivity index (χ3n) is 2.93. The van der Waals surface area contributed by atoms with E-state index < -0.39 is 0 Å². The van der Waals surface area contributed by atoms with Gasteiger partial charge in [-0.3, -0.25) is 4.79 Å². The Bertz CT molecular complexity index is 434. The zero-order valence-corrected chi connectivity index (χ0v) is 10.4. The molecule has 1 atom stereocenters. The maximum Gasteiger partial charge on any atom is 0.246 e. The van der Waals surface area contributed by atoms with Crippen LogP contribution in [0.3, 0.4) is 0 Å². The van der Waals surface area contributed by atoms with Crippen LogP contribution < -0.4 is 10.2 Å². The van der Waals surface area contributed by atoms with E-state index >= 15 is 0 Å². The number of hydrogen-bond donors (Lipinski definition) is 1. The first-order chi connectivity index (χ1) is 8.13. The molecule has 17 heavy (non-hydrogen) atoms. The van der Waals surface area contributed by atoms with Gasteiger partial charge in [0, 0.05) is 19.3 Å². The van der Waals surface area contributed by atoms with E-state index in [-0.39, 0.29) is 11.9 Å². The number of amides is 1. The van der Waals surface area contributed by atoms with Gasteiger partial charge in [0.1, 0.15) is 6.04 Å². The largest absolute Gasteiger partial charge is 0.383 e. The fourth-order valence-electron chi connectivity index (χ4n) is 1.91. The number of anilines is 2. The summed E-state index contributed by atoms with van der Waals surface area (Å²) in [4.78, 5) is 18.3. The van der Waals surface area contributed by atoms with Crippen molar-refractivity contribution in [2.45, 2.75) is 19.9 Å². The first-order valence-electron chi connectivity index (χ1n) is 5.67. The molecule has 2 heterocycles. The minimum atomic E-state index is -0.216. The Morgan fingerprint density at radius 2 is 2.29 bits per heavy atom. The second-order valence-electron chi connectivity index (χ2n) is 4.18. The van der Waals surface area contributed by atoms with Crippen molar-refractivity contribution in [2.24, 2.45) is 0 Å². The minimum absolute atomic E-state index is 0.000689. The van der Waals surface area contributed by atoms with Crippen LogP contribution in [0.15, 0.2) is 12.1 Å². The van der Waals surface area contributed by atoms with Crippen LogP contribution >= 0.6 is 0 Å². The molecule has 0 radical (unpaired) electrons. The average Bonchev–Trinajstić information content (AvgIpc) is 2.31. The number of carbonyl (C=O) groups is 1. The summed E-state index contributed by atoms with van der Waals surface area (Å²) >= 11 is 0. The summed E-state index contributed by atoms with van der Waals surface area (Å²) in [7, 11) is 1.65. The first kappa shape index (κ1) is 11.9. The number of fused-ring (bicyclic) bond motifs is 1. The summed E-state index contributed by atoms with van der Waals surface area (Å²) in [6.45, 7) is 5.05. The number of pyridine rings is 1. The minimum Gasteiger partial charge on any atom is -0.383 e. The number of nitrogens with zero attached hydrogens (tertiary/aromatic N) is 2. The molecule has 92 valence electrons. The number of hydrogen-bond acceptors (Lipinski definition) is 4. The molecule has 1 aliphatic heterocycles. The van der Waals surface area contributed by atoms with Crippen LogP contribution in [0.25, 0.3) is 0 Å². The topological polar surface area (TPSA) is 54.5 Å². The number of methoxy groups -OCH3 is 1. The molecule has 5 nitrogen and oxygen atoms in total. The summed E-state index contributed by atoms with van der Waals surface area (Å²) < 4.78 is 5.07. The van der Waals surface area contributed by atoms with Crippen LogP contribution in [-0.2, 0) is 9.53 Å². The highest BCUT2D eigenvalue weighted by Gasteiger charge is 2.30. The molecule has 0 spiro atoms. The Balaban J connectivity index is 2.36. The van der Waals surface area contributed by atoms with Crippen LogP contribution in [-0.4, -0.2) is 37.2 Å². The van der Waals surface area contributed by atoms with E-state index in [0.29, 0.717) is 13.2 Å². The summed E-state index contributed by atoms with van der Waals surface area (Å²) in [5, 5.41) is 2.86. The van der Waals surface area contributed by atoms with E-state index in [9.17, 15) is 4.79 Å². The van der Waals surface area contributed by atoms with Gasteiger partial charge in [-0.15, -0.1) is 0 Å². The Morgan fingerprint density at radius 3 is 3.00 bits per heavy atom. The van der Waals surface area contributed by atoms with Gasteiger partial charge in [0.05, 0.1) is 12.3 Å². The average molecular weight is 235 g/mol. The number of rotatable bonds is 3. The molecule has 5 heteroatoms. The molecular formula is C12H17N3O2. The quantitative estimate of drug-likeness (QED) is 0.855. The van der Waals surface area contributed by atoms with Crippen molar-refractivity contribution < 1.29 is 9.53 Å². The maximum absolute atomic E-state index is 11.8. The zero-order valence-electron chi connectivity index (χ0n) is 10.4. The van der Waals surface area contributed by atoms with E-state index in [1.807, 2.05) is 30.9 Å². The summed E-state index contributed by atoms with van der Waals surface area (Å²) in [5.74, 6) is 0.827. The van der Waals surface area contributed by atoms with Gasteiger partial charge in [-0.05, 0) is 26.0 Å². The van der Waals surface area contributed by atoms with E-state index in [1.54, 1.807) is 7.11 Å². The molecule has 0 aliphatic carbocycles. The molecule has 1 amide bonds. The third-order valence-corrected chi connectivity index (χ3v) is 2.93. The Kier molecular flexibility index (Phi) is 3.28. The van der Waals surface area contributed by atoms with Crippen molar-refractivity contribution in [1.82, 2.24) is 4.98 Å². The van der Waals surface area contributed by atoms with E-state index in [4.69, 9.17) is 4.74 Å². The fraction of sp³-hybridized carbons (Fsp3) is 0.500. The van der Waals surface area contributed by atoms with Crippen molar-refractivity contribution in [1.29, 1.82) is 0 Å². The number of aryl methyl sites for hydroxylation is 1. The molecule has 0 saturated carbocycles. The van der Waals surface area contributed by atoms with E-state index in [2.05, 4.69) is 10.3 Å². The normalized spacial score (nSPS) is 18.9. The molecule has 0 aromatic carbocycles. The van der Waals surface area contributed by atoms with Crippen molar-refractivity contribution in [3.8, 4) is 0 Å². The van der Waals surface area contributed by atoms with Crippen LogP contribution in [0.5, 0.6) is 0 Å². The number of ether oxygens (including phenoxy) is 1. The maximum atomic E-state index is 11.8. The summed E-state index contributed by atoms with van der Waals surface area (Å²) in [5.41, 5.74) is 1.71. The summed E-state index contributed by atoms with van der Waals surface area (Å²) in [6, 6.07) is 3.57. The number of aromatic nitrogens is 1. The van der Waals surface area contributed by atoms with Gasteiger partial charge in [-0.1, -0.05) is 0 Å². The van der Waals surface area contributed by atoms with Crippen molar-refractivity contribution in [3.05, 3.63) is 17.8 Å². The van der Waals surface area contributed by atoms with Gasteiger partial charge in [0.25, 0.3) is 0 Å². The van der Waals surface area contributed by atoms with Crippen molar-refractivity contribution in [2.75, 3.05) is 30.5 Å². The smallest absolute Gasteiger partial charge is 0.246 e. The fourth-order valence-corrected chi connectivity index (χ4v) is 1.91. The SMILES string of the molecule is COCCN1c2nc(C)ccc2NC(=O)C1C. The summed E-state index contributed by atoms with van der Waals surface area (Å²) in [6.07, 6.45) is 0. The first-order valence-corrected chi connectivity index (χ1v) is 5.67. The van der Waals surface area contributed by atoms with Gasteiger partial charge in [-0.25, -0.2) is 4.98 Å². The second kappa shape index (κ2) is 4.71. The van der Waals surface area contributed by atoms with Crippen LogP contribution in [0.2, 0.25) is 0 Å². The van der Waals surface area contributed by atoms with E-state index in [0.717, 1.165) is 17.2 Å². The van der Waals surface area contributed by atoms with Crippen molar-refractivity contribution in [3.63, 3.8) is 0 Å². The highest BCUT2D eigenvalue weighted by Crippen LogP contribution is 2.29. The predicted molar refractivity (Wildman–Crippen MR) is 66.3 cm³/mol. The Labute approximate surface area is 101 Å². The molecule has 1 unspecified atom stereocenters. The zero-order chi connectivity index (χ0) is 12.4. The Morgan fingerprint density at radius 1 is 1.53 bits per heavy atom. The predicted octanol–water partition coefficient (Wildman–Crippen LogP) is 1.18. The second-order valence-corrected chi connectivity index (χ2v) is 4.18. The van der Waals surface area contributed by atoms with Crippen molar-refractivity contribution >= 4 is 17.4 Å². The van der Waals surface area contributed by atoms with Gasteiger partial charge in [-0.2, -0.15) is 0 Å². The molecule has 1 aliphatic rings. The van der Waals surface area contributed by atoms with Gasteiger partial charge < -0.3 is 15.0 Å². The van der Waals surface area contributed by atoms with Gasteiger partial charge in [0.15, 0.2) is 5.82 Å². The highest BCUT2D eigenvalue weighted by atomic mass is 16.5. The molecule has 2 rings (SSSR count). The standard InChI is InChI=1S/C12H17N3O2/c1-8-4-5-10-11(13-8)15(6-7-17-3)9(2)12(16)14-10/h4-5,9H,6-7H2,1-3H3,(H,14,16). The number of carbonyl (C=O) groups excluding carboxylic acids is 1. The van der Waals surface area contributed by atoms with E-state index in [1.165, 1.54) is 0 Å². The van der Waals surface area contributed by atoms with Crippen LogP contribution in [0.1, 0.15) is 12.6 Å².